The number of rotatable bonds is 3. The minimum atomic E-state index is 0.152. The fraction of sp³-hybridized carbons (Fsp3) is 0.533. The van der Waals surface area contributed by atoms with Gasteiger partial charge in [-0.25, -0.2) is 0 Å². The van der Waals surface area contributed by atoms with Crippen molar-refractivity contribution in [3.05, 3.63) is 29.3 Å². The molecule has 1 aromatic carbocycles. The van der Waals surface area contributed by atoms with Gasteiger partial charge >= 0.3 is 0 Å². The van der Waals surface area contributed by atoms with Gasteiger partial charge in [-0.3, -0.25) is 4.79 Å². The summed E-state index contributed by atoms with van der Waals surface area (Å²) in [6.07, 6.45) is 3.81. The zero-order valence-electron chi connectivity index (χ0n) is 11.2. The number of hydrogen-bond acceptors (Lipinski definition) is 2. The molecule has 1 aliphatic carbocycles. The summed E-state index contributed by atoms with van der Waals surface area (Å²) in [4.78, 5) is 11.9. The third kappa shape index (κ3) is 3.03. The summed E-state index contributed by atoms with van der Waals surface area (Å²) >= 11 is 0. The number of nitrogens with one attached hydrogen (secondary N) is 1. The molecule has 0 spiro atoms. The lowest BCUT2D eigenvalue weighted by Gasteiger charge is -2.27. The Bertz CT molecular complexity index is 440. The molecule has 1 aliphatic rings. The summed E-state index contributed by atoms with van der Waals surface area (Å²) in [6.45, 7) is 4.13. The summed E-state index contributed by atoms with van der Waals surface area (Å²) in [5.41, 5.74) is 9.15. The lowest BCUT2D eigenvalue weighted by molar-refractivity contribution is -0.122. The van der Waals surface area contributed by atoms with Crippen molar-refractivity contribution in [2.24, 2.45) is 5.92 Å². The second-order valence-electron chi connectivity index (χ2n) is 5.57. The van der Waals surface area contributed by atoms with E-state index in [1.807, 2.05) is 12.1 Å². The van der Waals surface area contributed by atoms with Crippen molar-refractivity contribution in [1.29, 1.82) is 0 Å². The first kappa shape index (κ1) is 12.9. The number of hydrogen-bond donors (Lipinski definition) is 2. The summed E-state index contributed by atoms with van der Waals surface area (Å²) < 4.78 is 0. The number of benzene rings is 1. The Kier molecular flexibility index (Phi) is 3.90. The van der Waals surface area contributed by atoms with Crippen LogP contribution in [0.1, 0.15) is 50.3 Å². The van der Waals surface area contributed by atoms with Crippen LogP contribution in [0, 0.1) is 5.92 Å². The number of fused-ring (bicyclic) bond motifs is 1. The SMILES string of the molecule is CC(C)CC(=O)NC1CCCc2cc(N)ccc21. The Labute approximate surface area is 109 Å². The number of anilines is 1. The highest BCUT2D eigenvalue weighted by atomic mass is 16.1. The molecule has 1 unspecified atom stereocenters. The molecule has 0 fully saturated rings. The number of carbonyl (C=O) groups is 1. The van der Waals surface area contributed by atoms with Gasteiger partial charge in [0.05, 0.1) is 6.04 Å². The standard InChI is InChI=1S/C15H22N2O/c1-10(2)8-15(18)17-14-5-3-4-11-9-12(16)6-7-13(11)14/h6-7,9-10,14H,3-5,8,16H2,1-2H3,(H,17,18). The van der Waals surface area contributed by atoms with E-state index in [2.05, 4.69) is 25.2 Å². The molecule has 1 atom stereocenters. The lowest BCUT2D eigenvalue weighted by Crippen LogP contribution is -2.31. The quantitative estimate of drug-likeness (QED) is 0.806. The monoisotopic (exact) mass is 246 g/mol. The number of aryl methyl sites for hydroxylation is 1. The number of nitrogen functional groups attached to an aromatic ring is 1. The summed E-state index contributed by atoms with van der Waals surface area (Å²) in [5, 5.41) is 3.15. The zero-order valence-corrected chi connectivity index (χ0v) is 11.2. The topological polar surface area (TPSA) is 55.1 Å². The zero-order chi connectivity index (χ0) is 13.1. The predicted octanol–water partition coefficient (Wildman–Crippen LogP) is 2.81. The Balaban J connectivity index is 2.10. The van der Waals surface area contributed by atoms with Crippen molar-refractivity contribution >= 4 is 11.6 Å². The molecule has 0 aliphatic heterocycles. The number of amides is 1. The minimum Gasteiger partial charge on any atom is -0.399 e. The molecule has 3 heteroatoms. The van der Waals surface area contributed by atoms with Crippen molar-refractivity contribution in [3.8, 4) is 0 Å². The fourth-order valence-electron chi connectivity index (χ4n) is 2.61. The van der Waals surface area contributed by atoms with E-state index in [0.29, 0.717) is 12.3 Å². The molecule has 98 valence electrons. The smallest absolute Gasteiger partial charge is 0.220 e. The van der Waals surface area contributed by atoms with Gasteiger partial charge in [-0.05, 0) is 48.4 Å². The second kappa shape index (κ2) is 5.42. The van der Waals surface area contributed by atoms with Gasteiger partial charge < -0.3 is 11.1 Å². The van der Waals surface area contributed by atoms with Crippen LogP contribution in [0.15, 0.2) is 18.2 Å². The highest BCUT2D eigenvalue weighted by Crippen LogP contribution is 2.31. The predicted molar refractivity (Wildman–Crippen MR) is 74.1 cm³/mol. The van der Waals surface area contributed by atoms with Gasteiger partial charge in [0.25, 0.3) is 0 Å². The average molecular weight is 246 g/mol. The fourth-order valence-corrected chi connectivity index (χ4v) is 2.61. The van der Waals surface area contributed by atoms with Crippen LogP contribution >= 0.6 is 0 Å². The molecule has 2 rings (SSSR count). The van der Waals surface area contributed by atoms with E-state index in [0.717, 1.165) is 24.9 Å². The number of carbonyl (C=O) groups excluding carboxylic acids is 1. The Morgan fingerprint density at radius 3 is 3.00 bits per heavy atom. The van der Waals surface area contributed by atoms with Crippen LogP contribution in [0.3, 0.4) is 0 Å². The van der Waals surface area contributed by atoms with Crippen molar-refractivity contribution in [2.45, 2.75) is 45.6 Å². The van der Waals surface area contributed by atoms with E-state index in [1.54, 1.807) is 0 Å². The van der Waals surface area contributed by atoms with Crippen molar-refractivity contribution in [3.63, 3.8) is 0 Å². The highest BCUT2D eigenvalue weighted by molar-refractivity contribution is 5.76. The Morgan fingerprint density at radius 1 is 1.50 bits per heavy atom. The molecule has 1 amide bonds. The van der Waals surface area contributed by atoms with Crippen LogP contribution in [0.25, 0.3) is 0 Å². The molecule has 18 heavy (non-hydrogen) atoms. The third-order valence-corrected chi connectivity index (χ3v) is 3.41. The molecule has 0 saturated heterocycles. The lowest BCUT2D eigenvalue weighted by atomic mass is 9.87. The molecular weight excluding hydrogens is 224 g/mol. The molecule has 0 saturated carbocycles. The van der Waals surface area contributed by atoms with Gasteiger partial charge in [0, 0.05) is 12.1 Å². The van der Waals surface area contributed by atoms with Gasteiger partial charge in [-0.2, -0.15) is 0 Å². The molecule has 0 heterocycles. The third-order valence-electron chi connectivity index (χ3n) is 3.41. The first-order valence-corrected chi connectivity index (χ1v) is 6.74. The first-order chi connectivity index (χ1) is 8.56. The summed E-state index contributed by atoms with van der Waals surface area (Å²) in [6, 6.07) is 6.19. The maximum Gasteiger partial charge on any atom is 0.220 e. The van der Waals surface area contributed by atoms with Gasteiger partial charge in [0.1, 0.15) is 0 Å². The van der Waals surface area contributed by atoms with Gasteiger partial charge in [0.2, 0.25) is 5.91 Å². The van der Waals surface area contributed by atoms with Crippen LogP contribution in [-0.4, -0.2) is 5.91 Å². The molecular formula is C15H22N2O. The van der Waals surface area contributed by atoms with Gasteiger partial charge in [-0.1, -0.05) is 19.9 Å². The van der Waals surface area contributed by atoms with Crippen molar-refractivity contribution in [2.75, 3.05) is 5.73 Å². The first-order valence-electron chi connectivity index (χ1n) is 6.74. The van der Waals surface area contributed by atoms with Crippen LogP contribution in [-0.2, 0) is 11.2 Å². The maximum absolute atomic E-state index is 11.9. The summed E-state index contributed by atoms with van der Waals surface area (Å²) in [7, 11) is 0. The molecule has 0 bridgehead atoms. The minimum absolute atomic E-state index is 0.152. The summed E-state index contributed by atoms with van der Waals surface area (Å²) in [5.74, 6) is 0.555. The molecule has 1 aromatic rings. The molecule has 0 aromatic heterocycles. The Hall–Kier alpha value is -1.51. The molecule has 3 N–H and O–H groups in total. The average Bonchev–Trinajstić information content (AvgIpc) is 2.27. The van der Waals surface area contributed by atoms with Crippen LogP contribution in [0.2, 0.25) is 0 Å². The van der Waals surface area contributed by atoms with E-state index in [4.69, 9.17) is 5.73 Å². The van der Waals surface area contributed by atoms with E-state index < -0.39 is 0 Å². The van der Waals surface area contributed by atoms with E-state index >= 15 is 0 Å². The largest absolute Gasteiger partial charge is 0.399 e. The second-order valence-corrected chi connectivity index (χ2v) is 5.57. The molecule has 3 nitrogen and oxygen atoms in total. The normalized spacial score (nSPS) is 18.5. The van der Waals surface area contributed by atoms with Crippen molar-refractivity contribution < 1.29 is 4.79 Å². The van der Waals surface area contributed by atoms with Gasteiger partial charge in [-0.15, -0.1) is 0 Å². The maximum atomic E-state index is 11.9. The van der Waals surface area contributed by atoms with E-state index in [1.165, 1.54) is 11.1 Å². The van der Waals surface area contributed by atoms with Crippen LogP contribution in [0.5, 0.6) is 0 Å². The van der Waals surface area contributed by atoms with Crippen molar-refractivity contribution in [1.82, 2.24) is 5.32 Å². The van der Waals surface area contributed by atoms with Gasteiger partial charge in [0.15, 0.2) is 0 Å². The molecule has 0 radical (unpaired) electrons. The Morgan fingerprint density at radius 2 is 2.28 bits per heavy atom. The van der Waals surface area contributed by atoms with E-state index in [9.17, 15) is 4.79 Å². The number of nitrogens with two attached hydrogens (primary N) is 1. The van der Waals surface area contributed by atoms with E-state index in [-0.39, 0.29) is 11.9 Å². The van der Waals surface area contributed by atoms with Crippen LogP contribution in [0.4, 0.5) is 5.69 Å². The van der Waals surface area contributed by atoms with Crippen LogP contribution < -0.4 is 11.1 Å². The highest BCUT2D eigenvalue weighted by Gasteiger charge is 2.21.